The summed E-state index contributed by atoms with van der Waals surface area (Å²) in [6.07, 6.45) is -3.05. The number of carbonyl (C=O) groups is 1. The maximum Gasteiger partial charge on any atom is 0.453 e. The van der Waals surface area contributed by atoms with Crippen LogP contribution in [0.15, 0.2) is 12.4 Å². The first-order valence-corrected chi connectivity index (χ1v) is 11.8. The minimum atomic E-state index is -5.71. The number of rotatable bonds is 6. The van der Waals surface area contributed by atoms with Crippen LogP contribution in [-0.4, -0.2) is 62.7 Å². The number of nitrogens with zero attached hydrogens (tertiary/aromatic N) is 9. The molecule has 2 aliphatic rings. The average molecular weight is 549 g/mol. The molecule has 1 amide bonds. The second-order valence-corrected chi connectivity index (χ2v) is 9.75. The highest BCUT2D eigenvalue weighted by Crippen LogP contribution is 2.45. The van der Waals surface area contributed by atoms with E-state index in [1.54, 1.807) is 17.8 Å². The number of hydrogen-bond donors (Lipinski definition) is 2. The molecule has 0 bridgehead atoms. The van der Waals surface area contributed by atoms with Crippen LogP contribution < -0.4 is 11.1 Å². The Morgan fingerprint density at radius 2 is 1.90 bits per heavy atom. The largest absolute Gasteiger partial charge is 0.453 e. The topological polar surface area (TPSA) is 155 Å². The van der Waals surface area contributed by atoms with Crippen molar-refractivity contribution in [2.45, 2.75) is 56.2 Å². The van der Waals surface area contributed by atoms with Gasteiger partial charge in [0.15, 0.2) is 11.5 Å². The van der Waals surface area contributed by atoms with Crippen molar-refractivity contribution < 1.29 is 26.7 Å². The molecule has 1 fully saturated rings. The van der Waals surface area contributed by atoms with Crippen LogP contribution in [0.5, 0.6) is 0 Å². The number of aryl methyl sites for hydroxylation is 2. The average Bonchev–Trinajstić information content (AvgIpc) is 3.36. The second-order valence-electron chi connectivity index (χ2n) is 9.75. The van der Waals surface area contributed by atoms with Crippen LogP contribution in [0.2, 0.25) is 0 Å². The molecule has 4 aromatic rings. The third-order valence-corrected chi connectivity index (χ3v) is 6.99. The molecule has 6 rings (SSSR count). The molecule has 39 heavy (non-hydrogen) atoms. The van der Waals surface area contributed by atoms with E-state index in [1.807, 2.05) is 0 Å². The summed E-state index contributed by atoms with van der Waals surface area (Å²) in [5, 5.41) is 15.4. The Balaban J connectivity index is 1.42. The molecule has 12 nitrogen and oxygen atoms in total. The quantitative estimate of drug-likeness (QED) is 0.345. The third kappa shape index (κ3) is 3.85. The number of halogens is 5. The Morgan fingerprint density at radius 3 is 2.59 bits per heavy atom. The fourth-order valence-corrected chi connectivity index (χ4v) is 4.54. The number of alkyl halides is 5. The Hall–Kier alpha value is -4.31. The minimum Gasteiger partial charge on any atom is -0.383 e. The highest BCUT2D eigenvalue weighted by Gasteiger charge is 2.56. The molecule has 0 spiro atoms. The lowest BCUT2D eigenvalue weighted by molar-refractivity contribution is -0.284. The number of anilines is 2. The summed E-state index contributed by atoms with van der Waals surface area (Å²) >= 11 is 0. The predicted octanol–water partition coefficient (Wildman–Crippen LogP) is 2.72. The van der Waals surface area contributed by atoms with Gasteiger partial charge in [0.05, 0.1) is 29.4 Å². The molecule has 3 N–H and O–H groups in total. The lowest BCUT2D eigenvalue weighted by Gasteiger charge is -2.20. The lowest BCUT2D eigenvalue weighted by Crippen LogP contribution is -2.36. The molecule has 17 heteroatoms. The maximum atomic E-state index is 13.6. The molecule has 1 saturated carbocycles. The van der Waals surface area contributed by atoms with Crippen molar-refractivity contribution in [3.8, 4) is 11.5 Å². The zero-order valence-electron chi connectivity index (χ0n) is 20.5. The molecule has 204 valence electrons. The van der Waals surface area contributed by atoms with Crippen molar-refractivity contribution in [1.29, 1.82) is 0 Å². The van der Waals surface area contributed by atoms with Gasteiger partial charge in [0.25, 0.3) is 0 Å². The van der Waals surface area contributed by atoms with Gasteiger partial charge < -0.3 is 11.1 Å². The van der Waals surface area contributed by atoms with E-state index < -0.39 is 36.3 Å². The van der Waals surface area contributed by atoms with E-state index in [1.165, 1.54) is 17.9 Å². The van der Waals surface area contributed by atoms with Crippen LogP contribution in [0, 0.1) is 0 Å². The highest BCUT2D eigenvalue weighted by molar-refractivity contribution is 6.09. The van der Waals surface area contributed by atoms with Crippen LogP contribution in [0.25, 0.3) is 22.6 Å². The molecule has 0 aromatic carbocycles. The second kappa shape index (κ2) is 8.09. The molecule has 1 atom stereocenters. The standard InChI is InChI=1S/C22H20F5N11O/c1-20(11-8-38(36-35-11)9-3-4-9)13-15(28)32-17(33-16(13)34-19(20)39)14-10-7-29-37(2)18(10)31-12(30-14)5-6-21(23,24)22(25,26)27/h7-9H,3-6H2,1-2H3,(H3,28,32,33,34,39). The Labute approximate surface area is 215 Å². The molecule has 4 aromatic heterocycles. The van der Waals surface area contributed by atoms with Crippen LogP contribution >= 0.6 is 0 Å². The normalized spacial score (nSPS) is 19.5. The van der Waals surface area contributed by atoms with Gasteiger partial charge >= 0.3 is 12.1 Å². The molecular formula is C22H20F5N11O. The number of nitrogens with two attached hydrogens (primary N) is 1. The van der Waals surface area contributed by atoms with Crippen LogP contribution in [0.1, 0.15) is 49.3 Å². The molecule has 1 aliphatic heterocycles. The van der Waals surface area contributed by atoms with Gasteiger partial charge in [-0.05, 0) is 19.8 Å². The van der Waals surface area contributed by atoms with Gasteiger partial charge in [-0.25, -0.2) is 24.6 Å². The van der Waals surface area contributed by atoms with E-state index in [0.29, 0.717) is 11.1 Å². The summed E-state index contributed by atoms with van der Waals surface area (Å²) in [4.78, 5) is 30.2. The zero-order chi connectivity index (χ0) is 27.9. The predicted molar refractivity (Wildman–Crippen MR) is 124 cm³/mol. The Bertz CT molecular complexity index is 1640. The number of amides is 1. The first-order valence-electron chi connectivity index (χ1n) is 11.8. The highest BCUT2D eigenvalue weighted by atomic mass is 19.4. The molecule has 0 saturated heterocycles. The Kier molecular flexibility index (Phi) is 5.19. The molecule has 1 unspecified atom stereocenters. The number of carbonyl (C=O) groups excluding carboxylic acids is 1. The van der Waals surface area contributed by atoms with Crippen molar-refractivity contribution in [3.05, 3.63) is 29.5 Å². The summed E-state index contributed by atoms with van der Waals surface area (Å²) in [5.74, 6) is -5.75. The van der Waals surface area contributed by atoms with Gasteiger partial charge in [-0.2, -0.15) is 27.1 Å². The third-order valence-electron chi connectivity index (χ3n) is 6.99. The fourth-order valence-electron chi connectivity index (χ4n) is 4.54. The van der Waals surface area contributed by atoms with E-state index in [-0.39, 0.29) is 46.2 Å². The summed E-state index contributed by atoms with van der Waals surface area (Å²) < 4.78 is 68.3. The number of aromatic nitrogens is 9. The number of hydrogen-bond acceptors (Lipinski definition) is 9. The van der Waals surface area contributed by atoms with Crippen molar-refractivity contribution >= 4 is 28.6 Å². The molecule has 1 aliphatic carbocycles. The van der Waals surface area contributed by atoms with Gasteiger partial charge in [0, 0.05) is 19.9 Å². The lowest BCUT2D eigenvalue weighted by atomic mass is 9.81. The van der Waals surface area contributed by atoms with Gasteiger partial charge in [0.1, 0.15) is 34.3 Å². The van der Waals surface area contributed by atoms with E-state index in [0.717, 1.165) is 12.8 Å². The SMILES string of the molecule is Cn1ncc2c(-c3nc(N)c4c(n3)NC(=O)C4(C)c3cn(C4CC4)nn3)nc(CCC(F)(F)C(F)(F)F)nc21. The smallest absolute Gasteiger partial charge is 0.383 e. The molecular weight excluding hydrogens is 529 g/mol. The van der Waals surface area contributed by atoms with Crippen LogP contribution in [-0.2, 0) is 23.7 Å². The van der Waals surface area contributed by atoms with Crippen molar-refractivity contribution in [3.63, 3.8) is 0 Å². The summed E-state index contributed by atoms with van der Waals surface area (Å²) in [6, 6.07) is 0.236. The van der Waals surface area contributed by atoms with Crippen LogP contribution in [0.4, 0.5) is 33.6 Å². The minimum absolute atomic E-state index is 0.00968. The molecule has 0 radical (unpaired) electrons. The van der Waals surface area contributed by atoms with Gasteiger partial charge in [-0.3, -0.25) is 9.48 Å². The van der Waals surface area contributed by atoms with E-state index >= 15 is 0 Å². The number of fused-ring (bicyclic) bond motifs is 2. The first-order chi connectivity index (χ1) is 18.3. The van der Waals surface area contributed by atoms with Gasteiger partial charge in [-0.15, -0.1) is 5.10 Å². The van der Waals surface area contributed by atoms with Crippen molar-refractivity contribution in [2.75, 3.05) is 11.1 Å². The molecule has 5 heterocycles. The van der Waals surface area contributed by atoms with Gasteiger partial charge in [-0.1, -0.05) is 5.21 Å². The number of nitrogens with one attached hydrogen (secondary N) is 1. The van der Waals surface area contributed by atoms with Crippen LogP contribution in [0.3, 0.4) is 0 Å². The van der Waals surface area contributed by atoms with E-state index in [4.69, 9.17) is 5.73 Å². The zero-order valence-corrected chi connectivity index (χ0v) is 20.5. The van der Waals surface area contributed by atoms with E-state index in [2.05, 4.69) is 40.7 Å². The van der Waals surface area contributed by atoms with E-state index in [9.17, 15) is 26.7 Å². The summed E-state index contributed by atoms with van der Waals surface area (Å²) in [6.45, 7) is 1.62. The Morgan fingerprint density at radius 1 is 1.15 bits per heavy atom. The maximum absolute atomic E-state index is 13.6. The monoisotopic (exact) mass is 549 g/mol. The first kappa shape index (κ1) is 25.0. The van der Waals surface area contributed by atoms with Crippen molar-refractivity contribution in [1.82, 2.24) is 44.7 Å². The summed E-state index contributed by atoms with van der Waals surface area (Å²) in [5.41, 5.74) is 5.80. The van der Waals surface area contributed by atoms with Gasteiger partial charge in [0.2, 0.25) is 5.91 Å². The van der Waals surface area contributed by atoms with Crippen molar-refractivity contribution in [2.24, 2.45) is 7.05 Å². The summed E-state index contributed by atoms with van der Waals surface area (Å²) in [7, 11) is 1.52. The fraction of sp³-hybridized carbons (Fsp3) is 0.455. The number of nitrogen functional groups attached to an aromatic ring is 1.